The number of nitrogens with one attached hydrogen (secondary N) is 1. The Labute approximate surface area is 295 Å². The number of ketones is 1. The fourth-order valence-corrected chi connectivity index (χ4v) is 6.63. The van der Waals surface area contributed by atoms with Crippen molar-refractivity contribution in [2.75, 3.05) is 39.3 Å². The van der Waals surface area contributed by atoms with Gasteiger partial charge < -0.3 is 15.0 Å². The van der Waals surface area contributed by atoms with Crippen LogP contribution in [0.15, 0.2) is 60.7 Å². The third kappa shape index (κ3) is 6.70. The molecule has 4 aromatic carbocycles. The molecular formula is C36H32N6O10. The van der Waals surface area contributed by atoms with Crippen molar-refractivity contribution in [3.05, 3.63) is 103 Å². The molecule has 6 rings (SSSR count). The molecule has 16 nitrogen and oxygen atoms in total. The molecule has 0 spiro atoms. The number of amides is 5. The molecule has 52 heavy (non-hydrogen) atoms. The van der Waals surface area contributed by atoms with Crippen LogP contribution in [0.3, 0.4) is 0 Å². The summed E-state index contributed by atoms with van der Waals surface area (Å²) in [5.74, 6) is -3.02. The lowest BCUT2D eigenvalue weighted by Crippen LogP contribution is -2.46. The highest BCUT2D eigenvalue weighted by Gasteiger charge is 2.36. The molecule has 0 bridgehead atoms. The maximum atomic E-state index is 13.5. The van der Waals surface area contributed by atoms with Crippen LogP contribution in [0.25, 0.3) is 21.5 Å². The second-order valence-corrected chi connectivity index (χ2v) is 12.5. The lowest BCUT2D eigenvalue weighted by Gasteiger charge is -2.30. The third-order valence-corrected chi connectivity index (χ3v) is 9.18. The van der Waals surface area contributed by atoms with Crippen molar-refractivity contribution in [3.63, 3.8) is 0 Å². The van der Waals surface area contributed by atoms with Gasteiger partial charge in [0.1, 0.15) is 5.78 Å². The summed E-state index contributed by atoms with van der Waals surface area (Å²) in [5, 5.41) is 27.7. The molecule has 0 saturated carbocycles. The van der Waals surface area contributed by atoms with Crippen LogP contribution in [0.2, 0.25) is 0 Å². The number of carbonyl (C=O) groups excluding carboxylic acids is 6. The highest BCUT2D eigenvalue weighted by atomic mass is 16.6. The van der Waals surface area contributed by atoms with Gasteiger partial charge in [0.2, 0.25) is 5.91 Å². The second kappa shape index (κ2) is 14.4. The summed E-state index contributed by atoms with van der Waals surface area (Å²) in [6, 6.07) is 14.4. The van der Waals surface area contributed by atoms with Crippen molar-refractivity contribution in [1.29, 1.82) is 0 Å². The van der Waals surface area contributed by atoms with Crippen LogP contribution < -0.4 is 5.32 Å². The molecule has 0 unspecified atom stereocenters. The van der Waals surface area contributed by atoms with Crippen LogP contribution in [0.4, 0.5) is 11.4 Å². The van der Waals surface area contributed by atoms with Gasteiger partial charge in [0.25, 0.3) is 35.0 Å². The Morgan fingerprint density at radius 2 is 1.17 bits per heavy atom. The summed E-state index contributed by atoms with van der Waals surface area (Å²) in [6.07, 6.45) is 0.314. The summed E-state index contributed by atoms with van der Waals surface area (Å²) >= 11 is 0. The molecule has 2 heterocycles. The van der Waals surface area contributed by atoms with Crippen molar-refractivity contribution in [3.8, 4) is 0 Å². The van der Waals surface area contributed by atoms with Crippen LogP contribution in [0.5, 0.6) is 0 Å². The topological polar surface area (TPSA) is 210 Å². The monoisotopic (exact) mass is 708 g/mol. The van der Waals surface area contributed by atoms with Gasteiger partial charge in [-0.3, -0.25) is 54.0 Å². The molecule has 0 aliphatic carbocycles. The average molecular weight is 709 g/mol. The van der Waals surface area contributed by atoms with E-state index in [4.69, 9.17) is 0 Å². The molecular weight excluding hydrogens is 676 g/mol. The predicted molar refractivity (Wildman–Crippen MR) is 186 cm³/mol. The zero-order valence-corrected chi connectivity index (χ0v) is 28.0. The lowest BCUT2D eigenvalue weighted by atomic mass is 9.93. The van der Waals surface area contributed by atoms with E-state index in [9.17, 15) is 49.0 Å². The molecule has 1 N–H and O–H groups in total. The van der Waals surface area contributed by atoms with Gasteiger partial charge in [0.05, 0.1) is 21.0 Å². The van der Waals surface area contributed by atoms with E-state index in [0.717, 1.165) is 15.9 Å². The largest absolute Gasteiger partial charge is 0.341 e. The van der Waals surface area contributed by atoms with E-state index in [1.54, 1.807) is 30.3 Å². The van der Waals surface area contributed by atoms with Crippen molar-refractivity contribution >= 4 is 68.2 Å². The number of nitro benzene ring substituents is 2. The van der Waals surface area contributed by atoms with Crippen LogP contribution >= 0.6 is 0 Å². The number of carbonyl (C=O) groups is 6. The number of hydrogen-bond donors (Lipinski definition) is 1. The van der Waals surface area contributed by atoms with Crippen LogP contribution in [-0.4, -0.2) is 99.1 Å². The van der Waals surface area contributed by atoms with Crippen LogP contribution in [0, 0.1) is 20.2 Å². The number of non-ortho nitro benzene ring substituents is 2. The van der Waals surface area contributed by atoms with Gasteiger partial charge in [-0.2, -0.15) is 0 Å². The minimum atomic E-state index is -0.717. The molecule has 2 aliphatic rings. The Morgan fingerprint density at radius 1 is 0.673 bits per heavy atom. The van der Waals surface area contributed by atoms with Gasteiger partial charge in [-0.25, -0.2) is 0 Å². The van der Waals surface area contributed by atoms with Crippen molar-refractivity contribution < 1.29 is 38.6 Å². The van der Waals surface area contributed by atoms with Crippen molar-refractivity contribution in [2.24, 2.45) is 0 Å². The minimum Gasteiger partial charge on any atom is -0.341 e. The Morgan fingerprint density at radius 3 is 1.67 bits per heavy atom. The number of hydrogen-bond acceptors (Lipinski definition) is 11. The summed E-state index contributed by atoms with van der Waals surface area (Å²) in [7, 11) is 0. The first-order chi connectivity index (χ1) is 24.9. The fourth-order valence-electron chi connectivity index (χ4n) is 6.63. The number of nitro groups is 2. The number of nitrogens with zero attached hydrogens (tertiary/aromatic N) is 5. The third-order valence-electron chi connectivity index (χ3n) is 9.18. The molecule has 16 heteroatoms. The fraction of sp³-hybridized carbons (Fsp3) is 0.278. The SMILES string of the molecule is CC(=O)CCC(=O)N(CCCNCCN1C(=O)c2cccc3cc([N+](=O)[O-])cc(c23)C1=O)CCN1C(=O)c2cccc3cc([N+](=O)[O-])cc(c23)C1=O. The summed E-state index contributed by atoms with van der Waals surface area (Å²) < 4.78 is 0. The molecule has 266 valence electrons. The Hall–Kier alpha value is -6.42. The normalized spacial score (nSPS) is 13.6. The highest BCUT2D eigenvalue weighted by Crippen LogP contribution is 2.35. The molecule has 5 amide bonds. The van der Waals surface area contributed by atoms with Gasteiger partial charge in [-0.1, -0.05) is 24.3 Å². The molecule has 4 aromatic rings. The van der Waals surface area contributed by atoms with Gasteiger partial charge in [0.15, 0.2) is 0 Å². The van der Waals surface area contributed by atoms with E-state index in [1.165, 1.54) is 36.1 Å². The highest BCUT2D eigenvalue weighted by molar-refractivity contribution is 6.26. The van der Waals surface area contributed by atoms with E-state index in [0.29, 0.717) is 34.5 Å². The van der Waals surface area contributed by atoms with E-state index in [-0.39, 0.29) is 90.9 Å². The lowest BCUT2D eigenvalue weighted by molar-refractivity contribution is -0.384. The first-order valence-corrected chi connectivity index (χ1v) is 16.5. The standard InChI is InChI=1S/C36H32N6O10/c1-21(43)9-10-30(44)38(15-16-40-34(46)27-8-3-6-23-18-25(42(51)52)20-29(32(23)27)36(40)48)13-4-11-37-12-14-39-33(45)26-7-2-5-22-17-24(41(49)50)19-28(31(22)26)35(39)47/h2-3,5-8,17-20,37H,4,9-16H2,1H3. The van der Waals surface area contributed by atoms with Gasteiger partial charge >= 0.3 is 0 Å². The number of imide groups is 2. The Bertz CT molecular complexity index is 2230. The molecule has 0 saturated heterocycles. The Balaban J connectivity index is 1.08. The molecule has 0 atom stereocenters. The second-order valence-electron chi connectivity index (χ2n) is 12.5. The molecule has 0 radical (unpaired) electrons. The maximum Gasteiger partial charge on any atom is 0.270 e. The summed E-state index contributed by atoms with van der Waals surface area (Å²) in [4.78, 5) is 103. The summed E-state index contributed by atoms with van der Waals surface area (Å²) in [6.45, 7) is 1.79. The Kier molecular flexibility index (Phi) is 9.83. The summed E-state index contributed by atoms with van der Waals surface area (Å²) in [5.41, 5.74) is 0.0137. The first kappa shape index (κ1) is 35.4. The van der Waals surface area contributed by atoms with Crippen molar-refractivity contribution in [2.45, 2.75) is 26.2 Å². The van der Waals surface area contributed by atoms with E-state index >= 15 is 0 Å². The average Bonchev–Trinajstić information content (AvgIpc) is 3.12. The maximum absolute atomic E-state index is 13.5. The minimum absolute atomic E-state index is 0.00605. The quantitative estimate of drug-likeness (QED) is 0.0810. The number of benzene rings is 4. The van der Waals surface area contributed by atoms with Gasteiger partial charge in [-0.05, 0) is 42.8 Å². The van der Waals surface area contributed by atoms with Gasteiger partial charge in [0, 0.05) is 91.7 Å². The van der Waals surface area contributed by atoms with E-state index in [2.05, 4.69) is 5.32 Å². The molecule has 0 fully saturated rings. The number of Topliss-reactive ketones (excluding diaryl/α,β-unsaturated/α-hetero) is 1. The predicted octanol–water partition coefficient (Wildman–Crippen LogP) is 3.88. The van der Waals surface area contributed by atoms with Crippen LogP contribution in [0.1, 0.15) is 67.6 Å². The van der Waals surface area contributed by atoms with Gasteiger partial charge in [-0.15, -0.1) is 0 Å². The number of rotatable bonds is 15. The first-order valence-electron chi connectivity index (χ1n) is 16.5. The van der Waals surface area contributed by atoms with Crippen LogP contribution in [-0.2, 0) is 9.59 Å². The zero-order chi connectivity index (χ0) is 37.3. The zero-order valence-electron chi connectivity index (χ0n) is 28.0. The smallest absolute Gasteiger partial charge is 0.270 e. The molecule has 2 aliphatic heterocycles. The van der Waals surface area contributed by atoms with Crippen molar-refractivity contribution in [1.82, 2.24) is 20.0 Å². The molecule has 0 aromatic heterocycles. The van der Waals surface area contributed by atoms with E-state index < -0.39 is 33.5 Å². The van der Waals surface area contributed by atoms with E-state index in [1.807, 2.05) is 0 Å².